The maximum atomic E-state index is 9.54. The van der Waals surface area contributed by atoms with Crippen LogP contribution in [-0.2, 0) is 4.74 Å². The monoisotopic (exact) mass is 203 g/mol. The standard InChI is InChI=1S/C11H25NO2/c1-8(2)10(5)12-6-11(13)7-14-9(3)4/h8-13H,6-7H2,1-5H3. The highest BCUT2D eigenvalue weighted by atomic mass is 16.5. The van der Waals surface area contributed by atoms with E-state index >= 15 is 0 Å². The van der Waals surface area contributed by atoms with Gasteiger partial charge < -0.3 is 15.2 Å². The van der Waals surface area contributed by atoms with E-state index in [1.165, 1.54) is 0 Å². The zero-order valence-electron chi connectivity index (χ0n) is 10.1. The second-order valence-electron chi connectivity index (χ2n) is 4.48. The topological polar surface area (TPSA) is 41.5 Å². The Morgan fingerprint density at radius 1 is 1.14 bits per heavy atom. The van der Waals surface area contributed by atoms with Crippen LogP contribution < -0.4 is 5.32 Å². The molecule has 3 heteroatoms. The largest absolute Gasteiger partial charge is 0.389 e. The van der Waals surface area contributed by atoms with Gasteiger partial charge in [0.05, 0.1) is 18.8 Å². The summed E-state index contributed by atoms with van der Waals surface area (Å²) in [5, 5.41) is 12.8. The summed E-state index contributed by atoms with van der Waals surface area (Å²) in [5.41, 5.74) is 0. The lowest BCUT2D eigenvalue weighted by molar-refractivity contribution is 0.00516. The van der Waals surface area contributed by atoms with Crippen LogP contribution in [0, 0.1) is 5.92 Å². The first-order chi connectivity index (χ1) is 6.43. The maximum Gasteiger partial charge on any atom is 0.0897 e. The molecule has 86 valence electrons. The molecule has 14 heavy (non-hydrogen) atoms. The molecule has 2 unspecified atom stereocenters. The predicted molar refractivity (Wildman–Crippen MR) is 59.4 cm³/mol. The summed E-state index contributed by atoms with van der Waals surface area (Å²) in [6, 6.07) is 0.434. The molecule has 0 aliphatic carbocycles. The van der Waals surface area contributed by atoms with E-state index in [2.05, 4.69) is 26.1 Å². The van der Waals surface area contributed by atoms with Crippen molar-refractivity contribution in [2.24, 2.45) is 5.92 Å². The van der Waals surface area contributed by atoms with E-state index in [0.29, 0.717) is 25.1 Å². The van der Waals surface area contributed by atoms with Crippen molar-refractivity contribution in [3.8, 4) is 0 Å². The van der Waals surface area contributed by atoms with E-state index in [1.807, 2.05) is 13.8 Å². The first kappa shape index (κ1) is 13.9. The van der Waals surface area contributed by atoms with Gasteiger partial charge in [0, 0.05) is 12.6 Å². The Morgan fingerprint density at radius 2 is 1.71 bits per heavy atom. The summed E-state index contributed by atoms with van der Waals surface area (Å²) < 4.78 is 5.31. The van der Waals surface area contributed by atoms with Crippen LogP contribution in [0.15, 0.2) is 0 Å². The third-order valence-corrected chi connectivity index (χ3v) is 2.30. The van der Waals surface area contributed by atoms with Crippen molar-refractivity contribution in [3.63, 3.8) is 0 Å². The van der Waals surface area contributed by atoms with Gasteiger partial charge in [0.2, 0.25) is 0 Å². The molecule has 0 aliphatic rings. The zero-order chi connectivity index (χ0) is 11.1. The molecule has 0 amide bonds. The van der Waals surface area contributed by atoms with Crippen molar-refractivity contribution in [2.45, 2.75) is 52.9 Å². The molecule has 0 aliphatic heterocycles. The molecule has 0 aromatic heterocycles. The second-order valence-corrected chi connectivity index (χ2v) is 4.48. The quantitative estimate of drug-likeness (QED) is 0.657. The van der Waals surface area contributed by atoms with Crippen LogP contribution >= 0.6 is 0 Å². The van der Waals surface area contributed by atoms with Gasteiger partial charge in [0.25, 0.3) is 0 Å². The number of hydrogen-bond acceptors (Lipinski definition) is 3. The van der Waals surface area contributed by atoms with Gasteiger partial charge in [-0.15, -0.1) is 0 Å². The van der Waals surface area contributed by atoms with Gasteiger partial charge in [-0.25, -0.2) is 0 Å². The Balaban J connectivity index is 3.48. The molecule has 0 spiro atoms. The highest BCUT2D eigenvalue weighted by molar-refractivity contribution is 4.67. The average Bonchev–Trinajstić information content (AvgIpc) is 2.10. The molecule has 0 fully saturated rings. The van der Waals surface area contributed by atoms with Crippen molar-refractivity contribution < 1.29 is 9.84 Å². The van der Waals surface area contributed by atoms with E-state index < -0.39 is 6.10 Å². The molecule has 0 saturated heterocycles. The first-order valence-corrected chi connectivity index (χ1v) is 5.46. The molecule has 2 N–H and O–H groups in total. The van der Waals surface area contributed by atoms with Crippen molar-refractivity contribution in [1.29, 1.82) is 0 Å². The van der Waals surface area contributed by atoms with Gasteiger partial charge in [0.15, 0.2) is 0 Å². The van der Waals surface area contributed by atoms with Crippen LogP contribution in [0.3, 0.4) is 0 Å². The molecule has 0 heterocycles. The van der Waals surface area contributed by atoms with Crippen molar-refractivity contribution >= 4 is 0 Å². The smallest absolute Gasteiger partial charge is 0.0897 e. The lowest BCUT2D eigenvalue weighted by atomic mass is 10.1. The molecule has 3 nitrogen and oxygen atoms in total. The summed E-state index contributed by atoms with van der Waals surface area (Å²) in [5.74, 6) is 0.591. The fraction of sp³-hybridized carbons (Fsp3) is 1.00. The third kappa shape index (κ3) is 7.30. The van der Waals surface area contributed by atoms with Gasteiger partial charge in [0.1, 0.15) is 0 Å². The third-order valence-electron chi connectivity index (χ3n) is 2.30. The molecule has 0 radical (unpaired) electrons. The molecular formula is C11H25NO2. The summed E-state index contributed by atoms with van der Waals surface area (Å²) in [6.07, 6.45) is -0.217. The lowest BCUT2D eigenvalue weighted by Crippen LogP contribution is -2.38. The molecule has 0 bridgehead atoms. The minimum Gasteiger partial charge on any atom is -0.389 e. The average molecular weight is 203 g/mol. The Kier molecular flexibility index (Phi) is 7.15. The number of nitrogens with one attached hydrogen (secondary N) is 1. The fourth-order valence-electron chi connectivity index (χ4n) is 0.920. The van der Waals surface area contributed by atoms with Crippen molar-refractivity contribution in [1.82, 2.24) is 5.32 Å². The number of rotatable bonds is 7. The van der Waals surface area contributed by atoms with Gasteiger partial charge >= 0.3 is 0 Å². The summed E-state index contributed by atoms with van der Waals surface area (Å²) in [7, 11) is 0. The van der Waals surface area contributed by atoms with Gasteiger partial charge in [-0.3, -0.25) is 0 Å². The first-order valence-electron chi connectivity index (χ1n) is 5.46. The number of aliphatic hydroxyl groups is 1. The van der Waals surface area contributed by atoms with E-state index in [1.54, 1.807) is 0 Å². The predicted octanol–water partition coefficient (Wildman–Crippen LogP) is 1.41. The van der Waals surface area contributed by atoms with Crippen molar-refractivity contribution in [3.05, 3.63) is 0 Å². The van der Waals surface area contributed by atoms with Gasteiger partial charge in [-0.1, -0.05) is 13.8 Å². The summed E-state index contributed by atoms with van der Waals surface area (Å²) >= 11 is 0. The van der Waals surface area contributed by atoms with E-state index in [-0.39, 0.29) is 6.10 Å². The number of hydrogen-bond donors (Lipinski definition) is 2. The molecular weight excluding hydrogens is 178 g/mol. The van der Waals surface area contributed by atoms with Crippen LogP contribution in [0.2, 0.25) is 0 Å². The van der Waals surface area contributed by atoms with Gasteiger partial charge in [-0.2, -0.15) is 0 Å². The normalized spacial score (nSPS) is 16.3. The second kappa shape index (κ2) is 7.21. The van der Waals surface area contributed by atoms with E-state index in [9.17, 15) is 5.11 Å². The fourth-order valence-corrected chi connectivity index (χ4v) is 0.920. The Hall–Kier alpha value is -0.120. The van der Waals surface area contributed by atoms with Crippen LogP contribution in [-0.4, -0.2) is 36.5 Å². The van der Waals surface area contributed by atoms with E-state index in [0.717, 1.165) is 0 Å². The maximum absolute atomic E-state index is 9.54. The van der Waals surface area contributed by atoms with Crippen LogP contribution in [0.25, 0.3) is 0 Å². The SMILES string of the molecule is CC(C)OCC(O)CNC(C)C(C)C. The Bertz CT molecular complexity index is 137. The Morgan fingerprint density at radius 3 is 2.14 bits per heavy atom. The minimum atomic E-state index is -0.404. The van der Waals surface area contributed by atoms with Crippen LogP contribution in [0.4, 0.5) is 0 Å². The van der Waals surface area contributed by atoms with Crippen LogP contribution in [0.1, 0.15) is 34.6 Å². The number of aliphatic hydroxyl groups excluding tert-OH is 1. The lowest BCUT2D eigenvalue weighted by Gasteiger charge is -2.20. The molecule has 0 saturated carbocycles. The summed E-state index contributed by atoms with van der Waals surface area (Å²) in [4.78, 5) is 0. The van der Waals surface area contributed by atoms with Gasteiger partial charge in [-0.05, 0) is 26.7 Å². The molecule has 0 rings (SSSR count). The summed E-state index contributed by atoms with van der Waals surface area (Å²) in [6.45, 7) is 11.4. The van der Waals surface area contributed by atoms with Crippen LogP contribution in [0.5, 0.6) is 0 Å². The molecule has 0 aromatic carbocycles. The van der Waals surface area contributed by atoms with E-state index in [4.69, 9.17) is 4.74 Å². The zero-order valence-corrected chi connectivity index (χ0v) is 10.1. The Labute approximate surface area is 87.8 Å². The highest BCUT2D eigenvalue weighted by Crippen LogP contribution is 1.99. The van der Waals surface area contributed by atoms with Crippen molar-refractivity contribution in [2.75, 3.05) is 13.2 Å². The molecule has 2 atom stereocenters. The molecule has 0 aromatic rings. The minimum absolute atomic E-state index is 0.187. The number of ether oxygens (including phenoxy) is 1. The highest BCUT2D eigenvalue weighted by Gasteiger charge is 2.10.